The van der Waals surface area contributed by atoms with Crippen molar-refractivity contribution >= 4 is 23.4 Å². The van der Waals surface area contributed by atoms with Crippen LogP contribution in [0.4, 0.5) is 0 Å². The van der Waals surface area contributed by atoms with Gasteiger partial charge < -0.3 is 4.74 Å². The third-order valence-electron chi connectivity index (χ3n) is 4.73. The number of nitrogens with zero attached hydrogens (tertiary/aromatic N) is 2. The summed E-state index contributed by atoms with van der Waals surface area (Å²) in [6, 6.07) is 18.6. The summed E-state index contributed by atoms with van der Waals surface area (Å²) in [5.74, 6) is -0.444. The Balaban J connectivity index is 1.96. The van der Waals surface area contributed by atoms with Gasteiger partial charge >= 0.3 is 5.97 Å². The highest BCUT2D eigenvalue weighted by molar-refractivity contribution is 7.07. The Morgan fingerprint density at radius 3 is 2.45 bits per heavy atom. The topological polar surface area (TPSA) is 60.7 Å². The number of carbonyl (C=O) groups excluding carboxylic acids is 1. The van der Waals surface area contributed by atoms with Crippen molar-refractivity contribution in [2.45, 2.75) is 19.9 Å². The van der Waals surface area contributed by atoms with E-state index in [9.17, 15) is 9.59 Å². The van der Waals surface area contributed by atoms with E-state index in [2.05, 4.69) is 4.99 Å². The van der Waals surface area contributed by atoms with E-state index >= 15 is 0 Å². The number of hydrogen-bond donors (Lipinski definition) is 0. The van der Waals surface area contributed by atoms with E-state index in [1.165, 1.54) is 11.3 Å². The maximum Gasteiger partial charge on any atom is 0.338 e. The molecule has 1 aliphatic heterocycles. The summed E-state index contributed by atoms with van der Waals surface area (Å²) in [5.41, 5.74) is 2.59. The monoisotopic (exact) mass is 404 g/mol. The van der Waals surface area contributed by atoms with Crippen LogP contribution in [0.15, 0.2) is 81.7 Å². The van der Waals surface area contributed by atoms with Crippen molar-refractivity contribution in [3.63, 3.8) is 0 Å². The van der Waals surface area contributed by atoms with Gasteiger partial charge in [0.05, 0.1) is 28.5 Å². The minimum atomic E-state index is -0.565. The second-order valence-electron chi connectivity index (χ2n) is 6.62. The Labute approximate surface area is 171 Å². The van der Waals surface area contributed by atoms with Crippen LogP contribution in [0.2, 0.25) is 0 Å². The van der Waals surface area contributed by atoms with Crippen LogP contribution in [0.1, 0.15) is 31.0 Å². The Morgan fingerprint density at radius 1 is 1.14 bits per heavy atom. The summed E-state index contributed by atoms with van der Waals surface area (Å²) < 4.78 is 7.47. The Hall–Kier alpha value is -3.25. The molecule has 0 fully saturated rings. The summed E-state index contributed by atoms with van der Waals surface area (Å²) in [7, 11) is 0. The van der Waals surface area contributed by atoms with Crippen LogP contribution in [0.25, 0.3) is 6.08 Å². The Bertz CT molecular complexity index is 1250. The number of benzene rings is 2. The number of thiazole rings is 1. The first-order valence-electron chi connectivity index (χ1n) is 9.40. The van der Waals surface area contributed by atoms with Gasteiger partial charge in [-0.15, -0.1) is 0 Å². The molecule has 2 aromatic carbocycles. The fraction of sp³-hybridized carbons (Fsp3) is 0.174. The van der Waals surface area contributed by atoms with Crippen LogP contribution in [-0.4, -0.2) is 17.1 Å². The van der Waals surface area contributed by atoms with Crippen molar-refractivity contribution < 1.29 is 9.53 Å². The molecule has 0 bridgehead atoms. The maximum atomic E-state index is 13.3. The smallest absolute Gasteiger partial charge is 0.338 e. The molecule has 0 aliphatic carbocycles. The quantitative estimate of drug-likeness (QED) is 0.629. The number of ether oxygens (including phenoxy) is 1. The summed E-state index contributed by atoms with van der Waals surface area (Å²) in [6.07, 6.45) is 1.86. The van der Waals surface area contributed by atoms with Gasteiger partial charge in [-0.25, -0.2) is 9.79 Å². The van der Waals surface area contributed by atoms with Crippen LogP contribution < -0.4 is 14.9 Å². The van der Waals surface area contributed by atoms with E-state index in [0.717, 1.165) is 11.1 Å². The zero-order valence-electron chi connectivity index (χ0n) is 16.2. The molecule has 5 nitrogen and oxygen atoms in total. The second kappa shape index (κ2) is 8.01. The SMILES string of the molecule is CCOC(=O)C1=C(C)N=c2s/c(=C/c3ccccc3)c(=O)n2[C@H]1c1ccccc1. The maximum absolute atomic E-state index is 13.3. The third-order valence-corrected chi connectivity index (χ3v) is 5.71. The van der Waals surface area contributed by atoms with Crippen LogP contribution in [0.5, 0.6) is 0 Å². The number of fused-ring (bicyclic) bond motifs is 1. The summed E-state index contributed by atoms with van der Waals surface area (Å²) >= 11 is 1.33. The summed E-state index contributed by atoms with van der Waals surface area (Å²) in [5, 5.41) is 0. The van der Waals surface area contributed by atoms with E-state index in [1.54, 1.807) is 18.4 Å². The number of aromatic nitrogens is 1. The third kappa shape index (κ3) is 3.59. The molecular formula is C23H20N2O3S. The van der Waals surface area contributed by atoms with Gasteiger partial charge in [0, 0.05) is 0 Å². The van der Waals surface area contributed by atoms with Crippen LogP contribution >= 0.6 is 11.3 Å². The molecule has 0 unspecified atom stereocenters. The minimum absolute atomic E-state index is 0.166. The normalized spacial score (nSPS) is 16.3. The Morgan fingerprint density at radius 2 is 1.79 bits per heavy atom. The predicted octanol–water partition coefficient (Wildman–Crippen LogP) is 2.80. The van der Waals surface area contributed by atoms with E-state index in [1.807, 2.05) is 66.7 Å². The number of hydrogen-bond acceptors (Lipinski definition) is 5. The second-order valence-corrected chi connectivity index (χ2v) is 7.63. The number of rotatable bonds is 4. The van der Waals surface area contributed by atoms with Gasteiger partial charge in [0.25, 0.3) is 5.56 Å². The molecule has 0 saturated carbocycles. The summed E-state index contributed by atoms with van der Waals surface area (Å²) in [6.45, 7) is 3.81. The van der Waals surface area contributed by atoms with Gasteiger partial charge in [-0.1, -0.05) is 72.0 Å². The van der Waals surface area contributed by atoms with Gasteiger partial charge in [-0.3, -0.25) is 9.36 Å². The molecule has 0 N–H and O–H groups in total. The van der Waals surface area contributed by atoms with Crippen molar-refractivity contribution in [3.05, 3.63) is 103 Å². The molecule has 3 aromatic rings. The van der Waals surface area contributed by atoms with Crippen molar-refractivity contribution in [2.24, 2.45) is 4.99 Å². The molecule has 29 heavy (non-hydrogen) atoms. The first-order valence-corrected chi connectivity index (χ1v) is 10.2. The van der Waals surface area contributed by atoms with Crippen LogP contribution in [0.3, 0.4) is 0 Å². The molecule has 6 heteroatoms. The molecule has 1 atom stereocenters. The minimum Gasteiger partial charge on any atom is -0.463 e. The van der Waals surface area contributed by atoms with E-state index in [4.69, 9.17) is 4.74 Å². The van der Waals surface area contributed by atoms with Gasteiger partial charge in [-0.2, -0.15) is 0 Å². The first kappa shape index (κ1) is 19.1. The van der Waals surface area contributed by atoms with Crippen molar-refractivity contribution in [2.75, 3.05) is 6.61 Å². The molecule has 2 heterocycles. The van der Waals surface area contributed by atoms with Crippen molar-refractivity contribution in [1.82, 2.24) is 4.57 Å². The molecule has 0 saturated heterocycles. The molecule has 146 valence electrons. The standard InChI is InChI=1S/C23H20N2O3S/c1-3-28-22(27)19-15(2)24-23-25(20(19)17-12-8-5-9-13-17)21(26)18(29-23)14-16-10-6-4-7-11-16/h4-14,20H,3H2,1-2H3/b18-14+/t20-/m0/s1. The van der Waals surface area contributed by atoms with E-state index in [-0.39, 0.29) is 12.2 Å². The lowest BCUT2D eigenvalue weighted by Crippen LogP contribution is -2.39. The van der Waals surface area contributed by atoms with Gasteiger partial charge in [-0.05, 0) is 31.1 Å². The molecule has 0 amide bonds. The molecule has 1 aromatic heterocycles. The molecule has 0 radical (unpaired) electrons. The van der Waals surface area contributed by atoms with Crippen molar-refractivity contribution in [1.29, 1.82) is 0 Å². The first-order chi connectivity index (χ1) is 14.1. The Kier molecular flexibility index (Phi) is 5.27. The van der Waals surface area contributed by atoms with E-state index in [0.29, 0.717) is 20.6 Å². The number of esters is 1. The molecular weight excluding hydrogens is 384 g/mol. The fourth-order valence-electron chi connectivity index (χ4n) is 3.44. The predicted molar refractivity (Wildman–Crippen MR) is 113 cm³/mol. The van der Waals surface area contributed by atoms with Gasteiger partial charge in [0.1, 0.15) is 0 Å². The number of carbonyl (C=O) groups is 1. The average molecular weight is 404 g/mol. The molecule has 1 aliphatic rings. The van der Waals surface area contributed by atoms with Gasteiger partial charge in [0.15, 0.2) is 4.80 Å². The lowest BCUT2D eigenvalue weighted by Gasteiger charge is -2.24. The van der Waals surface area contributed by atoms with E-state index < -0.39 is 12.0 Å². The lowest BCUT2D eigenvalue weighted by atomic mass is 9.96. The largest absolute Gasteiger partial charge is 0.463 e. The van der Waals surface area contributed by atoms with Gasteiger partial charge in [0.2, 0.25) is 0 Å². The lowest BCUT2D eigenvalue weighted by molar-refractivity contribution is -0.139. The van der Waals surface area contributed by atoms with Crippen molar-refractivity contribution in [3.8, 4) is 0 Å². The summed E-state index contributed by atoms with van der Waals surface area (Å²) in [4.78, 5) is 31.2. The zero-order chi connectivity index (χ0) is 20.4. The van der Waals surface area contributed by atoms with Crippen LogP contribution in [-0.2, 0) is 9.53 Å². The average Bonchev–Trinajstić information content (AvgIpc) is 3.03. The molecule has 0 spiro atoms. The highest BCUT2D eigenvalue weighted by Gasteiger charge is 2.33. The highest BCUT2D eigenvalue weighted by atomic mass is 32.1. The van der Waals surface area contributed by atoms with Crippen LogP contribution in [0, 0.1) is 0 Å². The fourth-order valence-corrected chi connectivity index (χ4v) is 4.49. The zero-order valence-corrected chi connectivity index (χ0v) is 17.0. The highest BCUT2D eigenvalue weighted by Crippen LogP contribution is 2.30. The molecule has 4 rings (SSSR count). The number of allylic oxidation sites excluding steroid dienone is 1.